The first-order chi connectivity index (χ1) is 8.78. The van der Waals surface area contributed by atoms with Crippen LogP contribution in [0, 0.1) is 5.92 Å². The fourth-order valence-electron chi connectivity index (χ4n) is 2.32. The first-order valence-corrected chi connectivity index (χ1v) is 8.02. The van der Waals surface area contributed by atoms with Crippen LogP contribution in [-0.2, 0) is 13.1 Å². The molecule has 0 radical (unpaired) electrons. The van der Waals surface area contributed by atoms with E-state index in [1.54, 1.807) is 11.3 Å². The average Bonchev–Trinajstić information content (AvgIpc) is 2.80. The highest BCUT2D eigenvalue weighted by Crippen LogP contribution is 2.19. The van der Waals surface area contributed by atoms with Gasteiger partial charge in [0.15, 0.2) is 0 Å². The summed E-state index contributed by atoms with van der Waals surface area (Å²) in [7, 11) is 0. The van der Waals surface area contributed by atoms with Gasteiger partial charge in [-0.05, 0) is 44.8 Å². The van der Waals surface area contributed by atoms with Crippen LogP contribution in [0.5, 0.6) is 0 Å². The van der Waals surface area contributed by atoms with Gasteiger partial charge >= 0.3 is 0 Å². The van der Waals surface area contributed by atoms with Gasteiger partial charge in [-0.1, -0.05) is 13.8 Å². The Bertz CT molecular complexity index is 343. The molecule has 0 aliphatic carbocycles. The Kier molecular flexibility index (Phi) is 5.60. The van der Waals surface area contributed by atoms with Gasteiger partial charge in [0.05, 0.1) is 5.69 Å². The predicted molar refractivity (Wildman–Crippen MR) is 77.8 cm³/mol. The third kappa shape index (κ3) is 4.34. The number of likely N-dealkylation sites (tertiary alicyclic amines) is 1. The highest BCUT2D eigenvalue weighted by molar-refractivity contribution is 7.09. The van der Waals surface area contributed by atoms with Crippen LogP contribution >= 0.6 is 11.3 Å². The first kappa shape index (κ1) is 14.0. The molecule has 1 saturated heterocycles. The molecule has 102 valence electrons. The van der Waals surface area contributed by atoms with Gasteiger partial charge in [-0.25, -0.2) is 4.98 Å². The summed E-state index contributed by atoms with van der Waals surface area (Å²) in [4.78, 5) is 7.25. The maximum atomic E-state index is 4.71. The molecule has 1 N–H and O–H groups in total. The van der Waals surface area contributed by atoms with E-state index in [1.165, 1.54) is 43.1 Å². The zero-order valence-corrected chi connectivity index (χ0v) is 12.4. The Morgan fingerprint density at radius 1 is 1.44 bits per heavy atom. The van der Waals surface area contributed by atoms with Crippen molar-refractivity contribution < 1.29 is 0 Å². The van der Waals surface area contributed by atoms with E-state index in [9.17, 15) is 0 Å². The predicted octanol–water partition coefficient (Wildman–Crippen LogP) is 2.87. The zero-order valence-electron chi connectivity index (χ0n) is 11.6. The van der Waals surface area contributed by atoms with Crippen molar-refractivity contribution >= 4 is 11.3 Å². The van der Waals surface area contributed by atoms with E-state index in [-0.39, 0.29) is 0 Å². The minimum Gasteiger partial charge on any atom is -0.310 e. The van der Waals surface area contributed by atoms with Gasteiger partial charge < -0.3 is 5.32 Å². The number of hydrogen-bond acceptors (Lipinski definition) is 4. The summed E-state index contributed by atoms with van der Waals surface area (Å²) in [5, 5.41) is 6.86. The number of nitrogens with zero attached hydrogens (tertiary/aromatic N) is 2. The number of thiazole rings is 1. The van der Waals surface area contributed by atoms with Crippen LogP contribution in [0.4, 0.5) is 0 Å². The Hall–Kier alpha value is -0.450. The molecule has 1 aliphatic heterocycles. The summed E-state index contributed by atoms with van der Waals surface area (Å²) in [6, 6.07) is 0. The van der Waals surface area contributed by atoms with Crippen LogP contribution < -0.4 is 5.32 Å². The molecule has 0 atom stereocenters. The van der Waals surface area contributed by atoms with Crippen molar-refractivity contribution in [2.75, 3.05) is 19.6 Å². The zero-order chi connectivity index (χ0) is 12.8. The lowest BCUT2D eigenvalue weighted by Gasteiger charge is -2.29. The van der Waals surface area contributed by atoms with Crippen molar-refractivity contribution in [1.82, 2.24) is 15.2 Å². The largest absolute Gasteiger partial charge is 0.310 e. The quantitative estimate of drug-likeness (QED) is 0.803. The molecule has 0 aromatic carbocycles. The first-order valence-electron chi connectivity index (χ1n) is 7.14. The molecule has 1 fully saturated rings. The maximum Gasteiger partial charge on any atom is 0.107 e. The molecular formula is C14H25N3S. The molecule has 3 nitrogen and oxygen atoms in total. The van der Waals surface area contributed by atoms with E-state index in [4.69, 9.17) is 4.98 Å². The maximum absolute atomic E-state index is 4.71. The standard InChI is InChI=1S/C14H25N3S/c1-3-6-15-9-14-16-13(11-18-14)10-17-7-4-12(2)5-8-17/h11-12,15H,3-10H2,1-2H3. The van der Waals surface area contributed by atoms with Crippen LogP contribution in [0.25, 0.3) is 0 Å². The van der Waals surface area contributed by atoms with Crippen LogP contribution in [0.3, 0.4) is 0 Å². The molecule has 2 heterocycles. The monoisotopic (exact) mass is 267 g/mol. The van der Waals surface area contributed by atoms with Gasteiger partial charge in [-0.3, -0.25) is 4.90 Å². The van der Waals surface area contributed by atoms with E-state index in [1.807, 2.05) is 0 Å². The molecule has 4 heteroatoms. The summed E-state index contributed by atoms with van der Waals surface area (Å²) in [6.07, 6.45) is 3.87. The van der Waals surface area contributed by atoms with Crippen molar-refractivity contribution in [3.8, 4) is 0 Å². The number of aromatic nitrogens is 1. The van der Waals surface area contributed by atoms with E-state index in [0.717, 1.165) is 25.6 Å². The van der Waals surface area contributed by atoms with Crippen LogP contribution in [0.1, 0.15) is 43.8 Å². The van der Waals surface area contributed by atoms with Crippen LogP contribution in [0.2, 0.25) is 0 Å². The number of piperidine rings is 1. The van der Waals surface area contributed by atoms with Gasteiger partial charge in [0.1, 0.15) is 5.01 Å². The Labute approximate surface area is 115 Å². The smallest absolute Gasteiger partial charge is 0.107 e. The molecule has 18 heavy (non-hydrogen) atoms. The number of hydrogen-bond donors (Lipinski definition) is 1. The highest BCUT2D eigenvalue weighted by Gasteiger charge is 2.16. The third-order valence-electron chi connectivity index (χ3n) is 3.56. The molecule has 0 unspecified atom stereocenters. The lowest BCUT2D eigenvalue weighted by atomic mass is 9.99. The second kappa shape index (κ2) is 7.22. The lowest BCUT2D eigenvalue weighted by molar-refractivity contribution is 0.183. The van der Waals surface area contributed by atoms with Crippen molar-refractivity contribution in [3.63, 3.8) is 0 Å². The fourth-order valence-corrected chi connectivity index (χ4v) is 3.08. The Morgan fingerprint density at radius 2 is 2.22 bits per heavy atom. The summed E-state index contributed by atoms with van der Waals surface area (Å²) in [5.41, 5.74) is 1.25. The van der Waals surface area contributed by atoms with Gasteiger partial charge in [-0.2, -0.15) is 0 Å². The van der Waals surface area contributed by atoms with Crippen molar-refractivity contribution in [3.05, 3.63) is 16.1 Å². The van der Waals surface area contributed by atoms with E-state index in [2.05, 4.69) is 29.4 Å². The SMILES string of the molecule is CCCNCc1nc(CN2CCC(C)CC2)cs1. The van der Waals surface area contributed by atoms with E-state index >= 15 is 0 Å². The minimum absolute atomic E-state index is 0.908. The van der Waals surface area contributed by atoms with Crippen LogP contribution in [-0.4, -0.2) is 29.5 Å². The summed E-state index contributed by atoms with van der Waals surface area (Å²) in [5.74, 6) is 0.908. The van der Waals surface area contributed by atoms with E-state index in [0.29, 0.717) is 0 Å². The molecule has 1 aliphatic rings. The van der Waals surface area contributed by atoms with Gasteiger partial charge in [0.2, 0.25) is 0 Å². The minimum atomic E-state index is 0.908. The average molecular weight is 267 g/mol. The van der Waals surface area contributed by atoms with Gasteiger partial charge in [-0.15, -0.1) is 11.3 Å². The lowest BCUT2D eigenvalue weighted by Crippen LogP contribution is -2.32. The third-order valence-corrected chi connectivity index (χ3v) is 4.46. The van der Waals surface area contributed by atoms with Crippen molar-refractivity contribution in [2.45, 2.75) is 46.2 Å². The highest BCUT2D eigenvalue weighted by atomic mass is 32.1. The van der Waals surface area contributed by atoms with Crippen molar-refractivity contribution in [1.29, 1.82) is 0 Å². The molecule has 0 spiro atoms. The summed E-state index contributed by atoms with van der Waals surface area (Å²) >= 11 is 1.79. The van der Waals surface area contributed by atoms with Gasteiger partial charge in [0, 0.05) is 18.5 Å². The molecule has 2 rings (SSSR count). The molecule has 1 aromatic rings. The molecule has 0 saturated carbocycles. The van der Waals surface area contributed by atoms with Crippen LogP contribution in [0.15, 0.2) is 5.38 Å². The second-order valence-corrected chi connectivity index (χ2v) is 6.31. The summed E-state index contributed by atoms with van der Waals surface area (Å²) in [6.45, 7) is 10.1. The second-order valence-electron chi connectivity index (χ2n) is 5.37. The Balaban J connectivity index is 1.76. The molecular weight excluding hydrogens is 242 g/mol. The Morgan fingerprint density at radius 3 is 2.94 bits per heavy atom. The molecule has 1 aromatic heterocycles. The fraction of sp³-hybridized carbons (Fsp3) is 0.786. The summed E-state index contributed by atoms with van der Waals surface area (Å²) < 4.78 is 0. The van der Waals surface area contributed by atoms with Crippen molar-refractivity contribution in [2.24, 2.45) is 5.92 Å². The normalized spacial score (nSPS) is 18.3. The molecule has 0 bridgehead atoms. The van der Waals surface area contributed by atoms with E-state index < -0.39 is 0 Å². The number of nitrogens with one attached hydrogen (secondary N) is 1. The topological polar surface area (TPSA) is 28.2 Å². The van der Waals surface area contributed by atoms with Gasteiger partial charge in [0.25, 0.3) is 0 Å². The molecule has 0 amide bonds. The number of rotatable bonds is 6.